The summed E-state index contributed by atoms with van der Waals surface area (Å²) >= 11 is 0. The Morgan fingerprint density at radius 1 is 0.886 bits per heavy atom. The largest absolute Gasteiger partial charge is 0.417 e. The van der Waals surface area contributed by atoms with Crippen molar-refractivity contribution >= 4 is 11.7 Å². The number of hydrogen-bond acceptors (Lipinski definition) is 5. The molecule has 1 aromatic carbocycles. The number of alkyl halides is 3. The van der Waals surface area contributed by atoms with E-state index in [4.69, 9.17) is 0 Å². The molecule has 1 aliphatic carbocycles. The van der Waals surface area contributed by atoms with Gasteiger partial charge in [0.1, 0.15) is 12.1 Å². The van der Waals surface area contributed by atoms with E-state index in [0.717, 1.165) is 47.4 Å². The molecule has 1 amide bonds. The van der Waals surface area contributed by atoms with Crippen LogP contribution in [0, 0.1) is 12.8 Å². The average Bonchev–Trinajstić information content (AvgIpc) is 3.70. The van der Waals surface area contributed by atoms with E-state index in [1.807, 2.05) is 25.1 Å². The number of nitrogens with zero attached hydrogens (tertiary/aromatic N) is 4. The fourth-order valence-corrected chi connectivity index (χ4v) is 3.75. The summed E-state index contributed by atoms with van der Waals surface area (Å²) in [6, 6.07) is 10.1. The van der Waals surface area contributed by atoms with Gasteiger partial charge in [-0.25, -0.2) is 9.97 Å². The summed E-state index contributed by atoms with van der Waals surface area (Å²) in [6.07, 6.45) is 4.28. The Morgan fingerprint density at radius 3 is 2.40 bits per heavy atom. The highest BCUT2D eigenvalue weighted by atomic mass is 19.4. The van der Waals surface area contributed by atoms with E-state index in [0.29, 0.717) is 22.6 Å². The highest BCUT2D eigenvalue weighted by molar-refractivity contribution is 5.93. The predicted molar refractivity (Wildman–Crippen MR) is 125 cm³/mol. The van der Waals surface area contributed by atoms with Crippen LogP contribution in [0.25, 0.3) is 33.5 Å². The Balaban J connectivity index is 1.48. The fourth-order valence-electron chi connectivity index (χ4n) is 3.75. The molecular formula is C26H20F3N5O. The number of rotatable bonds is 5. The zero-order valence-corrected chi connectivity index (χ0v) is 18.7. The SMILES string of the molecule is Cc1ccc(-c2cncc(C(F)(F)F)c2)cc1-c1cncc(-c2cc(NC(=O)C3CC3)ncn2)c1. The maximum Gasteiger partial charge on any atom is 0.417 e. The van der Waals surface area contributed by atoms with Crippen LogP contribution in [0.1, 0.15) is 24.0 Å². The van der Waals surface area contributed by atoms with E-state index in [9.17, 15) is 18.0 Å². The van der Waals surface area contributed by atoms with Gasteiger partial charge in [-0.1, -0.05) is 12.1 Å². The molecular weight excluding hydrogens is 455 g/mol. The number of carbonyl (C=O) groups excluding carboxylic acids is 1. The third kappa shape index (κ3) is 5.03. The Kier molecular flexibility index (Phi) is 5.76. The Morgan fingerprint density at radius 2 is 1.63 bits per heavy atom. The summed E-state index contributed by atoms with van der Waals surface area (Å²) in [5, 5.41) is 2.81. The summed E-state index contributed by atoms with van der Waals surface area (Å²) < 4.78 is 39.5. The molecule has 0 bridgehead atoms. The molecule has 3 heterocycles. The van der Waals surface area contributed by atoms with Gasteiger partial charge in [0.05, 0.1) is 11.3 Å². The number of halogens is 3. The lowest BCUT2D eigenvalue weighted by Crippen LogP contribution is -2.14. The summed E-state index contributed by atoms with van der Waals surface area (Å²) in [4.78, 5) is 28.6. The van der Waals surface area contributed by atoms with Gasteiger partial charge < -0.3 is 5.32 Å². The van der Waals surface area contributed by atoms with Gasteiger partial charge in [0, 0.05) is 53.5 Å². The van der Waals surface area contributed by atoms with Crippen molar-refractivity contribution in [1.29, 1.82) is 0 Å². The predicted octanol–water partition coefficient (Wildman–Crippen LogP) is 5.94. The molecule has 1 N–H and O–H groups in total. The van der Waals surface area contributed by atoms with Crippen molar-refractivity contribution < 1.29 is 18.0 Å². The molecule has 9 heteroatoms. The number of benzene rings is 1. The standard InChI is InChI=1S/C26H20F3N5O/c1-15-2-3-17(18-7-21(13-31-10-18)26(27,28)29)8-22(15)19-6-20(12-30-11-19)23-9-24(33-14-32-23)34-25(35)16-4-5-16/h2-3,6-14,16H,4-5H2,1H3,(H,32,33,34,35). The Bertz CT molecular complexity index is 1420. The minimum Gasteiger partial charge on any atom is -0.310 e. The van der Waals surface area contributed by atoms with Crippen molar-refractivity contribution in [2.75, 3.05) is 5.32 Å². The number of anilines is 1. The van der Waals surface area contributed by atoms with E-state index in [1.54, 1.807) is 24.5 Å². The summed E-state index contributed by atoms with van der Waals surface area (Å²) in [5.41, 5.74) is 4.05. The lowest BCUT2D eigenvalue weighted by Gasteiger charge is -2.12. The van der Waals surface area contributed by atoms with Crippen LogP contribution in [0.4, 0.5) is 19.0 Å². The van der Waals surface area contributed by atoms with E-state index in [1.165, 1.54) is 12.5 Å². The average molecular weight is 475 g/mol. The highest BCUT2D eigenvalue weighted by Gasteiger charge is 2.31. The van der Waals surface area contributed by atoms with E-state index in [2.05, 4.69) is 25.3 Å². The molecule has 1 fully saturated rings. The lowest BCUT2D eigenvalue weighted by molar-refractivity contribution is -0.137. The first kappa shape index (κ1) is 22.6. The van der Waals surface area contributed by atoms with E-state index >= 15 is 0 Å². The second-order valence-electron chi connectivity index (χ2n) is 8.50. The second kappa shape index (κ2) is 8.90. The van der Waals surface area contributed by atoms with Crippen molar-refractivity contribution in [3.8, 4) is 33.5 Å². The number of carbonyl (C=O) groups is 1. The number of hydrogen-bond donors (Lipinski definition) is 1. The first-order valence-electron chi connectivity index (χ1n) is 11.0. The topological polar surface area (TPSA) is 80.7 Å². The first-order chi connectivity index (χ1) is 16.8. The number of amides is 1. The van der Waals surface area contributed by atoms with Crippen molar-refractivity contribution in [1.82, 2.24) is 19.9 Å². The molecule has 0 spiro atoms. The maximum atomic E-state index is 13.2. The highest BCUT2D eigenvalue weighted by Crippen LogP contribution is 2.34. The molecule has 1 aliphatic rings. The third-order valence-electron chi connectivity index (χ3n) is 5.85. The van der Waals surface area contributed by atoms with Crippen LogP contribution < -0.4 is 5.32 Å². The van der Waals surface area contributed by atoms with Gasteiger partial charge in [-0.05, 0) is 54.7 Å². The molecule has 0 saturated heterocycles. The zero-order valence-electron chi connectivity index (χ0n) is 18.7. The number of nitrogens with one attached hydrogen (secondary N) is 1. The lowest BCUT2D eigenvalue weighted by atomic mass is 9.95. The Labute approximate surface area is 199 Å². The molecule has 0 unspecified atom stereocenters. The first-order valence-corrected chi connectivity index (χ1v) is 11.0. The second-order valence-corrected chi connectivity index (χ2v) is 8.50. The molecule has 0 aliphatic heterocycles. The van der Waals surface area contributed by atoms with Gasteiger partial charge in [0.25, 0.3) is 0 Å². The summed E-state index contributed by atoms with van der Waals surface area (Å²) in [7, 11) is 0. The number of aryl methyl sites for hydroxylation is 1. The third-order valence-corrected chi connectivity index (χ3v) is 5.85. The van der Waals surface area contributed by atoms with Crippen LogP contribution in [0.2, 0.25) is 0 Å². The molecule has 0 radical (unpaired) electrons. The fraction of sp³-hybridized carbons (Fsp3) is 0.192. The van der Waals surface area contributed by atoms with Crippen LogP contribution >= 0.6 is 0 Å². The maximum absolute atomic E-state index is 13.2. The minimum atomic E-state index is -4.47. The quantitative estimate of drug-likeness (QED) is 0.386. The monoisotopic (exact) mass is 475 g/mol. The van der Waals surface area contributed by atoms with Gasteiger partial charge in [0.2, 0.25) is 5.91 Å². The van der Waals surface area contributed by atoms with Crippen LogP contribution in [0.15, 0.2) is 67.5 Å². The molecule has 6 nitrogen and oxygen atoms in total. The molecule has 4 aromatic rings. The summed E-state index contributed by atoms with van der Waals surface area (Å²) in [6.45, 7) is 1.92. The van der Waals surface area contributed by atoms with Crippen LogP contribution in [0.5, 0.6) is 0 Å². The van der Waals surface area contributed by atoms with Gasteiger partial charge in [-0.3, -0.25) is 14.8 Å². The van der Waals surface area contributed by atoms with Crippen molar-refractivity contribution in [3.63, 3.8) is 0 Å². The molecule has 0 atom stereocenters. The van der Waals surface area contributed by atoms with Crippen molar-refractivity contribution in [2.24, 2.45) is 5.92 Å². The van der Waals surface area contributed by atoms with Crippen molar-refractivity contribution in [2.45, 2.75) is 25.9 Å². The van der Waals surface area contributed by atoms with Crippen LogP contribution in [-0.4, -0.2) is 25.8 Å². The van der Waals surface area contributed by atoms with Gasteiger partial charge in [0.15, 0.2) is 0 Å². The number of pyridine rings is 2. The molecule has 1 saturated carbocycles. The summed E-state index contributed by atoms with van der Waals surface area (Å²) in [5.74, 6) is 0.436. The molecule has 5 rings (SSSR count). The van der Waals surface area contributed by atoms with E-state index < -0.39 is 11.7 Å². The van der Waals surface area contributed by atoms with Gasteiger partial charge >= 0.3 is 6.18 Å². The zero-order chi connectivity index (χ0) is 24.6. The van der Waals surface area contributed by atoms with Gasteiger partial charge in [-0.2, -0.15) is 13.2 Å². The molecule has 3 aromatic heterocycles. The smallest absolute Gasteiger partial charge is 0.310 e. The molecule has 176 valence electrons. The van der Waals surface area contributed by atoms with E-state index in [-0.39, 0.29) is 11.8 Å². The normalized spacial score (nSPS) is 13.5. The molecule has 35 heavy (non-hydrogen) atoms. The number of aromatic nitrogens is 4. The van der Waals surface area contributed by atoms with Gasteiger partial charge in [-0.15, -0.1) is 0 Å². The van der Waals surface area contributed by atoms with Crippen LogP contribution in [-0.2, 0) is 11.0 Å². The Hall–Kier alpha value is -4.14. The van der Waals surface area contributed by atoms with Crippen LogP contribution in [0.3, 0.4) is 0 Å². The minimum absolute atomic E-state index is 0.0435. The van der Waals surface area contributed by atoms with Crippen molar-refractivity contribution in [3.05, 3.63) is 78.6 Å².